The molecular weight excluding hydrogens is 406 g/mol. The quantitative estimate of drug-likeness (QED) is 0.322. The number of aromatic amines is 2. The van der Waals surface area contributed by atoms with Crippen molar-refractivity contribution in [1.29, 1.82) is 0 Å². The first-order valence-electron chi connectivity index (χ1n) is 11.6. The van der Waals surface area contributed by atoms with Gasteiger partial charge < -0.3 is 10.3 Å². The smallest absolute Gasteiger partial charge is 0.116 e. The molecule has 0 aliphatic carbocycles. The lowest BCUT2D eigenvalue weighted by molar-refractivity contribution is 0.739. The maximum absolute atomic E-state index is 4.64. The van der Waals surface area contributed by atoms with Crippen molar-refractivity contribution in [2.75, 3.05) is 13.1 Å². The minimum absolute atomic E-state index is 0.920. The summed E-state index contributed by atoms with van der Waals surface area (Å²) in [5, 5.41) is 12.3. The van der Waals surface area contributed by atoms with Crippen molar-refractivity contribution >= 4 is 22.0 Å². The molecule has 0 atom stereocenters. The van der Waals surface area contributed by atoms with Gasteiger partial charge in [0.1, 0.15) is 5.69 Å². The van der Waals surface area contributed by atoms with E-state index >= 15 is 0 Å². The number of aromatic nitrogens is 4. The van der Waals surface area contributed by atoms with Crippen molar-refractivity contribution in [3.63, 3.8) is 0 Å². The van der Waals surface area contributed by atoms with Crippen LogP contribution in [-0.4, -0.2) is 33.3 Å². The van der Waals surface area contributed by atoms with Crippen LogP contribution in [-0.2, 0) is 0 Å². The lowest BCUT2D eigenvalue weighted by Gasteiger charge is -2.14. The van der Waals surface area contributed by atoms with Crippen LogP contribution in [0, 0.1) is 6.92 Å². The number of nitrogens with zero attached hydrogens (tertiary/aromatic N) is 2. The molecule has 3 N–H and O–H groups in total. The van der Waals surface area contributed by atoms with Crippen LogP contribution >= 0.6 is 0 Å². The van der Waals surface area contributed by atoms with Crippen LogP contribution in [0.2, 0.25) is 0 Å². The Morgan fingerprint density at radius 2 is 2.00 bits per heavy atom. The molecule has 4 heterocycles. The Labute approximate surface area is 195 Å². The minimum atomic E-state index is 0.920. The third-order valence-corrected chi connectivity index (χ3v) is 5.78. The third-order valence-electron chi connectivity index (χ3n) is 5.78. The molecule has 0 saturated heterocycles. The molecule has 4 aromatic rings. The molecule has 0 radical (unpaired) electrons. The minimum Gasteiger partial charge on any atom is -0.357 e. The highest BCUT2D eigenvalue weighted by Crippen LogP contribution is 2.33. The molecule has 5 rings (SSSR count). The van der Waals surface area contributed by atoms with Crippen LogP contribution in [0.25, 0.3) is 33.4 Å². The Morgan fingerprint density at radius 3 is 2.73 bits per heavy atom. The first-order chi connectivity index (χ1) is 16.2. The third kappa shape index (κ3) is 4.59. The molecule has 1 aromatic carbocycles. The second-order valence-corrected chi connectivity index (χ2v) is 7.77. The average Bonchev–Trinajstić information content (AvgIpc) is 3.47. The van der Waals surface area contributed by atoms with Crippen LogP contribution in [0.5, 0.6) is 0 Å². The Balaban J connectivity index is 0.00000126. The van der Waals surface area contributed by atoms with Gasteiger partial charge in [-0.05, 0) is 61.4 Å². The van der Waals surface area contributed by atoms with E-state index < -0.39 is 0 Å². The Morgan fingerprint density at radius 1 is 1.12 bits per heavy atom. The molecular formula is C28H31N5. The zero-order valence-electron chi connectivity index (χ0n) is 19.6. The molecule has 0 saturated carbocycles. The van der Waals surface area contributed by atoms with Crippen LogP contribution in [0.3, 0.4) is 0 Å². The maximum Gasteiger partial charge on any atom is 0.116 e. The van der Waals surface area contributed by atoms with E-state index in [2.05, 4.69) is 69.3 Å². The number of H-pyrrole nitrogens is 2. The van der Waals surface area contributed by atoms with Gasteiger partial charge in [0.15, 0.2) is 0 Å². The molecule has 5 heteroatoms. The van der Waals surface area contributed by atoms with Crippen LogP contribution in [0.1, 0.15) is 42.8 Å². The van der Waals surface area contributed by atoms with Crippen molar-refractivity contribution in [3.8, 4) is 11.4 Å². The van der Waals surface area contributed by atoms with Gasteiger partial charge in [-0.3, -0.25) is 10.1 Å². The lowest BCUT2D eigenvalue weighted by Crippen LogP contribution is -2.19. The zero-order valence-corrected chi connectivity index (χ0v) is 19.6. The Kier molecular flexibility index (Phi) is 7.01. The van der Waals surface area contributed by atoms with Gasteiger partial charge in [-0.25, -0.2) is 0 Å². The van der Waals surface area contributed by atoms with Gasteiger partial charge in [0, 0.05) is 35.0 Å². The highest BCUT2D eigenvalue weighted by atomic mass is 15.1. The molecule has 33 heavy (non-hydrogen) atoms. The molecule has 0 amide bonds. The van der Waals surface area contributed by atoms with Crippen molar-refractivity contribution in [1.82, 2.24) is 25.5 Å². The van der Waals surface area contributed by atoms with E-state index in [1.807, 2.05) is 44.3 Å². The Hall–Kier alpha value is -3.70. The van der Waals surface area contributed by atoms with E-state index in [0.29, 0.717) is 0 Å². The summed E-state index contributed by atoms with van der Waals surface area (Å²) >= 11 is 0. The summed E-state index contributed by atoms with van der Waals surface area (Å²) < 4.78 is 0. The molecule has 0 spiro atoms. The van der Waals surface area contributed by atoms with Crippen molar-refractivity contribution in [2.45, 2.75) is 27.2 Å². The summed E-state index contributed by atoms with van der Waals surface area (Å²) in [6.07, 6.45) is 8.95. The molecule has 0 unspecified atom stereocenters. The van der Waals surface area contributed by atoms with Crippen molar-refractivity contribution < 1.29 is 0 Å². The lowest BCUT2D eigenvalue weighted by atomic mass is 9.98. The molecule has 168 valence electrons. The number of fused-ring (bicyclic) bond motifs is 1. The van der Waals surface area contributed by atoms with Crippen LogP contribution < -0.4 is 5.32 Å². The first-order valence-corrected chi connectivity index (χ1v) is 11.6. The summed E-state index contributed by atoms with van der Waals surface area (Å²) in [7, 11) is 0. The van der Waals surface area contributed by atoms with Crippen LogP contribution in [0.15, 0.2) is 73.5 Å². The number of rotatable bonds is 5. The normalized spacial score (nSPS) is 13.9. The average molecular weight is 438 g/mol. The van der Waals surface area contributed by atoms with E-state index in [0.717, 1.165) is 64.3 Å². The largest absolute Gasteiger partial charge is 0.357 e. The first kappa shape index (κ1) is 22.5. The summed E-state index contributed by atoms with van der Waals surface area (Å²) in [5.74, 6) is 0. The maximum atomic E-state index is 4.64. The molecule has 0 fully saturated rings. The zero-order chi connectivity index (χ0) is 23.2. The fourth-order valence-corrected chi connectivity index (χ4v) is 4.22. The van der Waals surface area contributed by atoms with Crippen molar-refractivity contribution in [2.24, 2.45) is 0 Å². The van der Waals surface area contributed by atoms with Gasteiger partial charge in [0.05, 0.1) is 16.9 Å². The molecule has 3 aromatic heterocycles. The monoisotopic (exact) mass is 437 g/mol. The second kappa shape index (κ2) is 10.3. The number of allylic oxidation sites excluding steroid dienone is 2. The predicted octanol–water partition coefficient (Wildman–Crippen LogP) is 6.28. The van der Waals surface area contributed by atoms with E-state index in [4.69, 9.17) is 0 Å². The summed E-state index contributed by atoms with van der Waals surface area (Å²) in [6, 6.07) is 14.7. The van der Waals surface area contributed by atoms with Gasteiger partial charge in [0.25, 0.3) is 0 Å². The SMILES string of the molecule is C=C/C=C(/c1ccccn1)c1cc(-c2n[nH]c3ccc(C4=CCNCC4)cc23)[nH]c1C.CC. The summed E-state index contributed by atoms with van der Waals surface area (Å²) in [5.41, 5.74) is 9.74. The summed E-state index contributed by atoms with van der Waals surface area (Å²) in [4.78, 5) is 8.07. The standard InChI is InChI=1S/C26H25N5.C2H6/c1-3-6-20(23-7-4-5-12-28-23)21-16-25(29-17(21)2)26-22-15-19(8-9-24(22)30-31-26)18-10-13-27-14-11-18;1-2/h3-10,12,15-16,27,29H,1,11,13-14H2,2H3,(H,30,31);1-2H3/b20-6+;. The fourth-order valence-electron chi connectivity index (χ4n) is 4.22. The predicted molar refractivity (Wildman–Crippen MR) is 139 cm³/mol. The van der Waals surface area contributed by atoms with E-state index in [9.17, 15) is 0 Å². The number of pyridine rings is 1. The van der Waals surface area contributed by atoms with E-state index in [-0.39, 0.29) is 0 Å². The Bertz CT molecular complexity index is 1300. The fraction of sp³-hybridized carbons (Fsp3) is 0.214. The number of benzene rings is 1. The van der Waals surface area contributed by atoms with E-state index in [1.165, 1.54) is 11.1 Å². The topological polar surface area (TPSA) is 69.4 Å². The summed E-state index contributed by atoms with van der Waals surface area (Å²) in [6.45, 7) is 11.9. The number of nitrogens with one attached hydrogen (secondary N) is 3. The van der Waals surface area contributed by atoms with Gasteiger partial charge >= 0.3 is 0 Å². The number of hydrogen-bond donors (Lipinski definition) is 3. The molecule has 1 aliphatic heterocycles. The highest BCUT2D eigenvalue weighted by molar-refractivity contribution is 5.95. The van der Waals surface area contributed by atoms with Gasteiger partial charge in [-0.15, -0.1) is 0 Å². The van der Waals surface area contributed by atoms with Gasteiger partial charge in [-0.2, -0.15) is 5.10 Å². The number of hydrogen-bond acceptors (Lipinski definition) is 3. The van der Waals surface area contributed by atoms with E-state index in [1.54, 1.807) is 6.08 Å². The van der Waals surface area contributed by atoms with Crippen LogP contribution in [0.4, 0.5) is 0 Å². The number of aryl methyl sites for hydroxylation is 1. The molecule has 5 nitrogen and oxygen atoms in total. The molecule has 0 bridgehead atoms. The van der Waals surface area contributed by atoms with Gasteiger partial charge in [0.2, 0.25) is 0 Å². The van der Waals surface area contributed by atoms with Crippen molar-refractivity contribution in [3.05, 3.63) is 96.0 Å². The highest BCUT2D eigenvalue weighted by Gasteiger charge is 2.17. The van der Waals surface area contributed by atoms with Gasteiger partial charge in [-0.1, -0.05) is 50.8 Å². The molecule has 1 aliphatic rings. The second-order valence-electron chi connectivity index (χ2n) is 7.77.